The molecule has 56 heavy (non-hydrogen) atoms. The Labute approximate surface area is 324 Å². The Morgan fingerprint density at radius 3 is 1.43 bits per heavy atom. The lowest BCUT2D eigenvalue weighted by atomic mass is 10.0. The van der Waals surface area contributed by atoms with E-state index in [-0.39, 0.29) is 0 Å². The highest BCUT2D eigenvalue weighted by Gasteiger charge is 2.19. The van der Waals surface area contributed by atoms with Gasteiger partial charge >= 0.3 is 0 Å². The smallest absolute Gasteiger partial charge is 0.235 e. The molecule has 0 aliphatic heterocycles. The predicted octanol–water partition coefficient (Wildman–Crippen LogP) is 13.3. The molecule has 0 atom stereocenters. The molecule has 0 spiro atoms. The third-order valence-electron chi connectivity index (χ3n) is 10.9. The molecular weight excluding hydrogens is 681 g/mol. The lowest BCUT2D eigenvalue weighted by Crippen LogP contribution is -2.03. The number of hydrogen-bond donors (Lipinski definition) is 0. The summed E-state index contributed by atoms with van der Waals surface area (Å²) in [6, 6.07) is 73.3. The van der Waals surface area contributed by atoms with Crippen LogP contribution in [-0.2, 0) is 0 Å². The highest BCUT2D eigenvalue weighted by Crippen LogP contribution is 2.39. The van der Waals surface area contributed by atoms with Crippen molar-refractivity contribution in [2.45, 2.75) is 0 Å². The van der Waals surface area contributed by atoms with E-state index in [1.54, 1.807) is 0 Å². The van der Waals surface area contributed by atoms with Crippen LogP contribution in [0.25, 0.3) is 100 Å². The number of aromatic nitrogens is 4. The first kappa shape index (κ1) is 31.9. The molecule has 0 N–H and O–H groups in total. The van der Waals surface area contributed by atoms with Crippen molar-refractivity contribution >= 4 is 43.6 Å². The molecule has 11 aromatic rings. The molecule has 0 bridgehead atoms. The van der Waals surface area contributed by atoms with E-state index in [9.17, 15) is 0 Å². The number of hydrogen-bond acceptors (Lipinski definition) is 2. The fraction of sp³-hybridized carbons (Fsp3) is 0. The SMILES string of the molecule is c1ccc(-c2cccc(-n3c4ccccc4c4ccc(-c5ccc6c(c5)c5ccccc5n6-c5nc(-c6ccccc6)cc(-c6ccccc6)n5)cc43)c2)cc1. The van der Waals surface area contributed by atoms with Crippen molar-refractivity contribution in [3.05, 3.63) is 206 Å². The van der Waals surface area contributed by atoms with Gasteiger partial charge in [0.25, 0.3) is 0 Å². The maximum Gasteiger partial charge on any atom is 0.235 e. The van der Waals surface area contributed by atoms with Gasteiger partial charge in [-0.1, -0.05) is 158 Å². The van der Waals surface area contributed by atoms with Gasteiger partial charge in [-0.3, -0.25) is 4.57 Å². The van der Waals surface area contributed by atoms with Crippen molar-refractivity contribution in [1.82, 2.24) is 19.1 Å². The third-order valence-corrected chi connectivity index (χ3v) is 10.9. The maximum absolute atomic E-state index is 5.22. The first-order valence-electron chi connectivity index (χ1n) is 19.0. The van der Waals surface area contributed by atoms with Crippen molar-refractivity contribution < 1.29 is 0 Å². The molecule has 262 valence electrons. The zero-order valence-electron chi connectivity index (χ0n) is 30.4. The highest BCUT2D eigenvalue weighted by molar-refractivity contribution is 6.12. The van der Waals surface area contributed by atoms with Crippen LogP contribution in [0.3, 0.4) is 0 Å². The molecule has 0 fully saturated rings. The molecule has 0 saturated heterocycles. The summed E-state index contributed by atoms with van der Waals surface area (Å²) in [5, 5.41) is 4.79. The molecule has 0 radical (unpaired) electrons. The Hall–Kier alpha value is -7.56. The van der Waals surface area contributed by atoms with Crippen LogP contribution in [0.15, 0.2) is 206 Å². The van der Waals surface area contributed by atoms with Crippen molar-refractivity contribution in [2.75, 3.05) is 0 Å². The molecule has 8 aromatic carbocycles. The summed E-state index contributed by atoms with van der Waals surface area (Å²) in [5.41, 5.74) is 14.2. The Balaban J connectivity index is 1.09. The fourth-order valence-corrected chi connectivity index (χ4v) is 8.30. The molecular formula is C52H34N4. The summed E-state index contributed by atoms with van der Waals surface area (Å²) in [5.74, 6) is 0.646. The highest BCUT2D eigenvalue weighted by atomic mass is 15.2. The third kappa shape index (κ3) is 5.31. The molecule has 0 aliphatic rings. The monoisotopic (exact) mass is 714 g/mol. The van der Waals surface area contributed by atoms with Crippen LogP contribution in [0.4, 0.5) is 0 Å². The summed E-state index contributed by atoms with van der Waals surface area (Å²) in [7, 11) is 0. The van der Waals surface area contributed by atoms with Gasteiger partial charge in [0.15, 0.2) is 0 Å². The summed E-state index contributed by atoms with van der Waals surface area (Å²) >= 11 is 0. The van der Waals surface area contributed by atoms with Crippen LogP contribution >= 0.6 is 0 Å². The number of benzene rings is 8. The van der Waals surface area contributed by atoms with E-state index in [0.717, 1.165) is 61.1 Å². The van der Waals surface area contributed by atoms with Gasteiger partial charge in [-0.25, -0.2) is 9.97 Å². The minimum Gasteiger partial charge on any atom is -0.309 e. The van der Waals surface area contributed by atoms with Crippen molar-refractivity contribution in [2.24, 2.45) is 0 Å². The summed E-state index contributed by atoms with van der Waals surface area (Å²) in [6.45, 7) is 0. The van der Waals surface area contributed by atoms with E-state index in [2.05, 4.69) is 203 Å². The maximum atomic E-state index is 5.22. The lowest BCUT2D eigenvalue weighted by molar-refractivity contribution is 0.995. The van der Waals surface area contributed by atoms with Crippen molar-refractivity contribution in [3.8, 4) is 56.4 Å². The Kier molecular flexibility index (Phi) is 7.46. The van der Waals surface area contributed by atoms with E-state index in [1.165, 1.54) is 32.9 Å². The number of para-hydroxylation sites is 2. The molecule has 0 aliphatic carbocycles. The van der Waals surface area contributed by atoms with Gasteiger partial charge < -0.3 is 4.57 Å². The van der Waals surface area contributed by atoms with Crippen LogP contribution in [-0.4, -0.2) is 19.1 Å². The van der Waals surface area contributed by atoms with Gasteiger partial charge in [-0.15, -0.1) is 0 Å². The van der Waals surface area contributed by atoms with Gasteiger partial charge in [0.05, 0.1) is 33.5 Å². The van der Waals surface area contributed by atoms with Gasteiger partial charge in [-0.2, -0.15) is 0 Å². The second kappa shape index (κ2) is 13.1. The second-order valence-electron chi connectivity index (χ2n) is 14.3. The van der Waals surface area contributed by atoms with Crippen LogP contribution in [0, 0.1) is 0 Å². The van der Waals surface area contributed by atoms with E-state index in [1.807, 2.05) is 12.1 Å². The van der Waals surface area contributed by atoms with E-state index >= 15 is 0 Å². The average molecular weight is 715 g/mol. The minimum absolute atomic E-state index is 0.646. The van der Waals surface area contributed by atoms with E-state index < -0.39 is 0 Å². The quantitative estimate of drug-likeness (QED) is 0.172. The zero-order chi connectivity index (χ0) is 37.0. The zero-order valence-corrected chi connectivity index (χ0v) is 30.4. The number of rotatable bonds is 6. The second-order valence-corrected chi connectivity index (χ2v) is 14.3. The summed E-state index contributed by atoms with van der Waals surface area (Å²) in [4.78, 5) is 10.4. The standard InChI is InChI=1S/C52H34N4/c1-4-15-35(16-5-1)38-21-14-22-41(31-38)55-48-25-12-10-23-42(48)44-29-27-40(33-51(44)55)39-28-30-50-45(32-39)43-24-11-13-26-49(43)56(50)52-53-46(36-17-6-2-7-18-36)34-47(54-52)37-19-8-3-9-20-37/h1-34H. The largest absolute Gasteiger partial charge is 0.309 e. The topological polar surface area (TPSA) is 35.6 Å². The molecule has 4 nitrogen and oxygen atoms in total. The van der Waals surface area contributed by atoms with E-state index in [4.69, 9.17) is 9.97 Å². The average Bonchev–Trinajstić information content (AvgIpc) is 3.79. The van der Waals surface area contributed by atoms with Gasteiger partial charge in [-0.05, 0) is 70.8 Å². The molecule has 11 rings (SSSR count). The van der Waals surface area contributed by atoms with E-state index in [0.29, 0.717) is 5.95 Å². The molecule has 3 heterocycles. The van der Waals surface area contributed by atoms with Crippen LogP contribution in [0.2, 0.25) is 0 Å². The van der Waals surface area contributed by atoms with Crippen molar-refractivity contribution in [1.29, 1.82) is 0 Å². The normalized spacial score (nSPS) is 11.6. The van der Waals surface area contributed by atoms with Crippen molar-refractivity contribution in [3.63, 3.8) is 0 Å². The molecule has 0 unspecified atom stereocenters. The Bertz CT molecular complexity index is 3170. The lowest BCUT2D eigenvalue weighted by Gasteiger charge is -2.12. The molecule has 0 saturated carbocycles. The number of nitrogens with zero attached hydrogens (tertiary/aromatic N) is 4. The van der Waals surface area contributed by atoms with Crippen LogP contribution in [0.1, 0.15) is 0 Å². The fourth-order valence-electron chi connectivity index (χ4n) is 8.30. The van der Waals surface area contributed by atoms with Gasteiger partial charge in [0, 0.05) is 38.4 Å². The van der Waals surface area contributed by atoms with Crippen LogP contribution in [0.5, 0.6) is 0 Å². The summed E-state index contributed by atoms with van der Waals surface area (Å²) < 4.78 is 4.63. The summed E-state index contributed by atoms with van der Waals surface area (Å²) in [6.07, 6.45) is 0. The van der Waals surface area contributed by atoms with Crippen LogP contribution < -0.4 is 0 Å². The Morgan fingerprint density at radius 1 is 0.268 bits per heavy atom. The van der Waals surface area contributed by atoms with Gasteiger partial charge in [0.1, 0.15) is 0 Å². The molecule has 3 aromatic heterocycles. The minimum atomic E-state index is 0.646. The first-order chi connectivity index (χ1) is 27.8. The molecule has 0 amide bonds. The Morgan fingerprint density at radius 2 is 0.750 bits per heavy atom. The number of fused-ring (bicyclic) bond motifs is 6. The van der Waals surface area contributed by atoms with Gasteiger partial charge in [0.2, 0.25) is 5.95 Å². The predicted molar refractivity (Wildman–Crippen MR) is 232 cm³/mol. The molecule has 4 heteroatoms. The first-order valence-corrected chi connectivity index (χ1v) is 19.0.